The van der Waals surface area contributed by atoms with Crippen molar-refractivity contribution in [1.29, 1.82) is 0 Å². The number of hydrogen-bond donors (Lipinski definition) is 0. The molecule has 0 spiro atoms. The van der Waals surface area contributed by atoms with Gasteiger partial charge in [-0.25, -0.2) is 0 Å². The van der Waals surface area contributed by atoms with Crippen LogP contribution in [0.2, 0.25) is 0 Å². The Bertz CT molecular complexity index is 180. The summed E-state index contributed by atoms with van der Waals surface area (Å²) in [4.78, 5) is 12.4. The Balaban J connectivity index is 2.34. The summed E-state index contributed by atoms with van der Waals surface area (Å²) < 4.78 is 0. The normalized spacial score (nSPS) is 19.1. The van der Waals surface area contributed by atoms with Gasteiger partial charge in [-0.2, -0.15) is 0 Å². The lowest BCUT2D eigenvalue weighted by Crippen LogP contribution is -2.19. The minimum absolute atomic E-state index is 0.330. The first-order valence-corrected chi connectivity index (χ1v) is 5.13. The predicted molar refractivity (Wildman–Crippen MR) is 54.5 cm³/mol. The van der Waals surface area contributed by atoms with Crippen molar-refractivity contribution in [3.05, 3.63) is 0 Å². The Morgan fingerprint density at radius 2 is 1.92 bits per heavy atom. The van der Waals surface area contributed by atoms with E-state index in [1.165, 1.54) is 19.3 Å². The fourth-order valence-electron chi connectivity index (χ4n) is 1.81. The summed E-state index contributed by atoms with van der Waals surface area (Å²) >= 11 is 4.92. The summed E-state index contributed by atoms with van der Waals surface area (Å²) in [5.74, 6) is 0.707. The smallest absolute Gasteiger partial charge is 0.140 e. The molecule has 1 aliphatic carbocycles. The molecule has 0 aromatic carbocycles. The van der Waals surface area contributed by atoms with Crippen LogP contribution in [0.25, 0.3) is 0 Å². The van der Waals surface area contributed by atoms with Crippen LogP contribution in [-0.4, -0.2) is 10.6 Å². The molecule has 0 amide bonds. The van der Waals surface area contributed by atoms with Crippen LogP contribution in [0.5, 0.6) is 0 Å². The second-order valence-electron chi connectivity index (χ2n) is 3.68. The molecule has 0 unspecified atom stereocenters. The molecule has 0 atom stereocenters. The van der Waals surface area contributed by atoms with Crippen LogP contribution in [0.1, 0.15) is 45.4 Å². The lowest BCUT2D eigenvalue weighted by atomic mass is 9.85. The van der Waals surface area contributed by atoms with E-state index in [0.29, 0.717) is 18.1 Å². The summed E-state index contributed by atoms with van der Waals surface area (Å²) in [6.07, 6.45) is 6.49. The third-order valence-corrected chi connectivity index (χ3v) is 2.63. The Morgan fingerprint density at radius 3 is 2.42 bits per heavy atom. The first kappa shape index (κ1) is 9.85. The van der Waals surface area contributed by atoms with E-state index in [4.69, 9.17) is 12.2 Å². The van der Waals surface area contributed by atoms with Gasteiger partial charge in [-0.3, -0.25) is 4.79 Å². The molecular weight excluding hydrogens is 168 g/mol. The molecule has 0 heterocycles. The van der Waals surface area contributed by atoms with E-state index in [1.54, 1.807) is 0 Å². The van der Waals surface area contributed by atoms with Gasteiger partial charge in [-0.1, -0.05) is 31.5 Å². The molecule has 0 aliphatic heterocycles. The van der Waals surface area contributed by atoms with E-state index in [-0.39, 0.29) is 0 Å². The maximum absolute atomic E-state index is 11.5. The minimum atomic E-state index is 0.330. The van der Waals surface area contributed by atoms with E-state index in [1.807, 2.05) is 6.92 Å². The van der Waals surface area contributed by atoms with Gasteiger partial charge in [0.1, 0.15) is 5.78 Å². The molecule has 0 bridgehead atoms. The van der Waals surface area contributed by atoms with Gasteiger partial charge in [-0.15, -0.1) is 0 Å². The lowest BCUT2D eigenvalue weighted by molar-refractivity contribution is -0.122. The third kappa shape index (κ3) is 3.02. The maximum Gasteiger partial charge on any atom is 0.140 e. The second kappa shape index (κ2) is 4.70. The maximum atomic E-state index is 11.5. The first-order chi connectivity index (χ1) is 5.70. The van der Waals surface area contributed by atoms with E-state index in [2.05, 4.69) is 0 Å². The molecule has 1 fully saturated rings. The van der Waals surface area contributed by atoms with Crippen molar-refractivity contribution in [2.24, 2.45) is 5.92 Å². The summed E-state index contributed by atoms with van der Waals surface area (Å²) in [5.41, 5.74) is 0. The van der Waals surface area contributed by atoms with Crippen molar-refractivity contribution in [1.82, 2.24) is 0 Å². The molecule has 1 nitrogen and oxygen atoms in total. The molecule has 68 valence electrons. The minimum Gasteiger partial charge on any atom is -0.299 e. The van der Waals surface area contributed by atoms with Crippen LogP contribution < -0.4 is 0 Å². The topological polar surface area (TPSA) is 17.1 Å². The summed E-state index contributed by atoms with van der Waals surface area (Å²) in [6, 6.07) is 0. The molecule has 1 saturated carbocycles. The van der Waals surface area contributed by atoms with E-state index in [9.17, 15) is 4.79 Å². The quantitative estimate of drug-likeness (QED) is 0.627. The molecule has 12 heavy (non-hydrogen) atoms. The number of Topliss-reactive ketones (excluding diaryl/α,β-unsaturated/α-hetero) is 1. The van der Waals surface area contributed by atoms with Gasteiger partial charge in [0.25, 0.3) is 0 Å². The zero-order valence-electron chi connectivity index (χ0n) is 7.64. The van der Waals surface area contributed by atoms with Crippen molar-refractivity contribution in [2.45, 2.75) is 45.4 Å². The Kier molecular flexibility index (Phi) is 3.86. The molecule has 0 N–H and O–H groups in total. The Labute approximate surface area is 79.5 Å². The van der Waals surface area contributed by atoms with Crippen molar-refractivity contribution in [2.75, 3.05) is 0 Å². The van der Waals surface area contributed by atoms with Gasteiger partial charge in [0.2, 0.25) is 0 Å². The van der Waals surface area contributed by atoms with Gasteiger partial charge in [0.05, 0.1) is 0 Å². The zero-order valence-corrected chi connectivity index (χ0v) is 8.45. The second-order valence-corrected chi connectivity index (χ2v) is 4.38. The summed E-state index contributed by atoms with van der Waals surface area (Å²) in [5, 5.41) is 0. The highest BCUT2D eigenvalue weighted by Crippen LogP contribution is 2.25. The van der Waals surface area contributed by atoms with Crippen LogP contribution in [0.3, 0.4) is 0 Å². The zero-order chi connectivity index (χ0) is 8.97. The molecule has 0 saturated heterocycles. The van der Waals surface area contributed by atoms with Crippen molar-refractivity contribution in [3.63, 3.8) is 0 Å². The number of carbonyl (C=O) groups is 1. The van der Waals surface area contributed by atoms with Crippen LogP contribution in [0.4, 0.5) is 0 Å². The van der Waals surface area contributed by atoms with E-state index >= 15 is 0 Å². The van der Waals surface area contributed by atoms with Crippen molar-refractivity contribution >= 4 is 22.9 Å². The van der Waals surface area contributed by atoms with Gasteiger partial charge >= 0.3 is 0 Å². The number of carbonyl (C=O) groups excluding carboxylic acids is 1. The van der Waals surface area contributed by atoms with Crippen molar-refractivity contribution < 1.29 is 4.79 Å². The molecule has 0 radical (unpaired) electrons. The molecule has 0 aromatic heterocycles. The predicted octanol–water partition coefficient (Wildman–Crippen LogP) is 2.92. The van der Waals surface area contributed by atoms with Crippen LogP contribution in [0, 0.1) is 5.92 Å². The number of thiocarbonyl (C=S) groups is 1. The van der Waals surface area contributed by atoms with Gasteiger partial charge in [0, 0.05) is 12.3 Å². The Morgan fingerprint density at radius 1 is 1.33 bits per heavy atom. The lowest BCUT2D eigenvalue weighted by Gasteiger charge is -2.19. The largest absolute Gasteiger partial charge is 0.299 e. The van der Waals surface area contributed by atoms with E-state index < -0.39 is 0 Å². The molecular formula is C10H16OS. The third-order valence-electron chi connectivity index (χ3n) is 2.48. The number of ketones is 1. The van der Waals surface area contributed by atoms with Gasteiger partial charge in [-0.05, 0) is 24.6 Å². The number of hydrogen-bond acceptors (Lipinski definition) is 2. The standard InChI is InChI=1S/C10H16OS/c1-8(12)7-10(11)9-5-3-2-4-6-9/h9H,2-7H2,1H3. The van der Waals surface area contributed by atoms with Crippen molar-refractivity contribution in [3.8, 4) is 0 Å². The highest BCUT2D eigenvalue weighted by atomic mass is 32.1. The fourth-order valence-corrected chi connectivity index (χ4v) is 1.96. The van der Waals surface area contributed by atoms with Gasteiger partial charge in [0.15, 0.2) is 0 Å². The van der Waals surface area contributed by atoms with Crippen LogP contribution >= 0.6 is 12.2 Å². The van der Waals surface area contributed by atoms with E-state index in [0.717, 1.165) is 17.7 Å². The summed E-state index contributed by atoms with van der Waals surface area (Å²) in [7, 11) is 0. The SMILES string of the molecule is CC(=S)CC(=O)C1CCCCC1. The van der Waals surface area contributed by atoms with Crippen LogP contribution in [0.15, 0.2) is 0 Å². The Hall–Kier alpha value is -0.240. The first-order valence-electron chi connectivity index (χ1n) is 4.72. The van der Waals surface area contributed by atoms with Gasteiger partial charge < -0.3 is 0 Å². The highest BCUT2D eigenvalue weighted by Gasteiger charge is 2.20. The molecule has 2 heteroatoms. The molecule has 1 aliphatic rings. The molecule has 1 rings (SSSR count). The van der Waals surface area contributed by atoms with Crippen LogP contribution in [-0.2, 0) is 4.79 Å². The highest BCUT2D eigenvalue weighted by molar-refractivity contribution is 7.80. The fraction of sp³-hybridized carbons (Fsp3) is 0.800. The monoisotopic (exact) mass is 184 g/mol. The molecule has 0 aromatic rings. The number of rotatable bonds is 3. The summed E-state index contributed by atoms with van der Waals surface area (Å²) in [6.45, 7) is 1.86. The average Bonchev–Trinajstić information content (AvgIpc) is 2.05. The average molecular weight is 184 g/mol.